The predicted molar refractivity (Wildman–Crippen MR) is 111 cm³/mol. The van der Waals surface area contributed by atoms with Crippen LogP contribution in [-0.4, -0.2) is 25.3 Å². The van der Waals surface area contributed by atoms with Crippen LogP contribution in [0.2, 0.25) is 0 Å². The molecular formula is C16H21Br2N2O5P. The van der Waals surface area contributed by atoms with E-state index in [-0.39, 0.29) is 0 Å². The monoisotopic (exact) mass is 510 g/mol. The van der Waals surface area contributed by atoms with Crippen LogP contribution in [-0.2, 0) is 17.4 Å². The summed E-state index contributed by atoms with van der Waals surface area (Å²) >= 11 is 6.92. The van der Waals surface area contributed by atoms with Crippen molar-refractivity contribution in [2.24, 2.45) is 0 Å². The minimum atomic E-state index is -4.64. The quantitative estimate of drug-likeness (QED) is 0.227. The number of aryl methyl sites for hydroxylation is 2. The number of ether oxygens (including phenoxy) is 1. The van der Waals surface area contributed by atoms with Gasteiger partial charge in [0.15, 0.2) is 0 Å². The Morgan fingerprint density at radius 2 is 1.19 bits per heavy atom. The maximum atomic E-state index is 8.88. The van der Waals surface area contributed by atoms with Crippen LogP contribution in [0.4, 0.5) is 11.4 Å². The molecule has 0 fully saturated rings. The van der Waals surface area contributed by atoms with Gasteiger partial charge in [-0.15, -0.1) is 0 Å². The first-order chi connectivity index (χ1) is 12.1. The molecule has 0 aromatic heterocycles. The molecule has 26 heavy (non-hydrogen) atoms. The number of rotatable bonds is 6. The Labute approximate surface area is 168 Å². The van der Waals surface area contributed by atoms with E-state index in [9.17, 15) is 0 Å². The highest BCUT2D eigenvalue weighted by Crippen LogP contribution is 2.31. The Bertz CT molecular complexity index is 709. The van der Waals surface area contributed by atoms with Crippen molar-refractivity contribution >= 4 is 51.1 Å². The molecule has 144 valence electrons. The van der Waals surface area contributed by atoms with Gasteiger partial charge in [0.2, 0.25) is 0 Å². The van der Waals surface area contributed by atoms with Gasteiger partial charge in [-0.3, -0.25) is 0 Å². The van der Waals surface area contributed by atoms with E-state index in [1.807, 2.05) is 36.4 Å². The number of phosphoric acid groups is 1. The zero-order chi connectivity index (χ0) is 19.7. The molecule has 0 radical (unpaired) electrons. The summed E-state index contributed by atoms with van der Waals surface area (Å²) in [6.45, 7) is 0. The van der Waals surface area contributed by atoms with Crippen molar-refractivity contribution in [3.05, 3.63) is 47.5 Å². The van der Waals surface area contributed by atoms with Gasteiger partial charge in [-0.1, -0.05) is 31.9 Å². The standard InChI is InChI=1S/C16H18Br2N2O.H3O4P/c17-7-5-11-9-13(19)1-3-15(11)21-16-4-2-14(20)10-12(16)6-8-18;1-5(2,3)4/h1-4,9-10H,5-8,19-20H2;(H3,1,2,3,4). The molecule has 0 unspecified atom stereocenters. The Morgan fingerprint density at radius 3 is 1.50 bits per heavy atom. The van der Waals surface area contributed by atoms with Gasteiger partial charge in [-0.2, -0.15) is 0 Å². The van der Waals surface area contributed by atoms with Crippen molar-refractivity contribution in [1.29, 1.82) is 0 Å². The van der Waals surface area contributed by atoms with Gasteiger partial charge in [0, 0.05) is 22.0 Å². The molecular weight excluding hydrogens is 491 g/mol. The van der Waals surface area contributed by atoms with Gasteiger partial charge in [-0.25, -0.2) is 4.57 Å². The third-order valence-electron chi connectivity index (χ3n) is 3.12. The summed E-state index contributed by atoms with van der Waals surface area (Å²) in [6, 6.07) is 11.5. The Hall–Kier alpha value is -1.09. The number of anilines is 2. The molecule has 2 aromatic rings. The molecule has 10 heteroatoms. The van der Waals surface area contributed by atoms with E-state index in [0.29, 0.717) is 0 Å². The minimum Gasteiger partial charge on any atom is -0.457 e. The number of alkyl halides is 2. The fourth-order valence-corrected chi connectivity index (χ4v) is 2.97. The summed E-state index contributed by atoms with van der Waals surface area (Å²) in [4.78, 5) is 21.6. The summed E-state index contributed by atoms with van der Waals surface area (Å²) in [5, 5.41) is 1.73. The molecule has 0 aliphatic rings. The van der Waals surface area contributed by atoms with E-state index in [2.05, 4.69) is 31.9 Å². The highest BCUT2D eigenvalue weighted by atomic mass is 79.9. The van der Waals surface area contributed by atoms with Crippen molar-refractivity contribution in [2.75, 3.05) is 22.1 Å². The van der Waals surface area contributed by atoms with Crippen LogP contribution >= 0.6 is 39.7 Å². The van der Waals surface area contributed by atoms with Gasteiger partial charge >= 0.3 is 7.82 Å². The molecule has 2 rings (SSSR count). The smallest absolute Gasteiger partial charge is 0.457 e. The van der Waals surface area contributed by atoms with E-state index >= 15 is 0 Å². The average molecular weight is 512 g/mol. The van der Waals surface area contributed by atoms with Crippen LogP contribution in [0.25, 0.3) is 0 Å². The first-order valence-corrected chi connectivity index (χ1v) is 11.3. The molecule has 0 bridgehead atoms. The molecule has 7 N–H and O–H groups in total. The van der Waals surface area contributed by atoms with E-state index < -0.39 is 7.82 Å². The fraction of sp³-hybridized carbons (Fsp3) is 0.250. The molecule has 0 heterocycles. The topological polar surface area (TPSA) is 139 Å². The molecule has 0 saturated carbocycles. The lowest BCUT2D eigenvalue weighted by Crippen LogP contribution is -1.99. The van der Waals surface area contributed by atoms with Crippen LogP contribution < -0.4 is 16.2 Å². The second kappa shape index (κ2) is 10.9. The van der Waals surface area contributed by atoms with Gasteiger partial charge < -0.3 is 30.9 Å². The third-order valence-corrected chi connectivity index (χ3v) is 3.91. The van der Waals surface area contributed by atoms with E-state index in [0.717, 1.165) is 57.5 Å². The zero-order valence-corrected chi connectivity index (χ0v) is 17.9. The maximum absolute atomic E-state index is 8.88. The SMILES string of the molecule is Nc1ccc(Oc2ccc(N)cc2CCBr)c(CCBr)c1.O=P(O)(O)O. The van der Waals surface area contributed by atoms with E-state index in [1.165, 1.54) is 0 Å². The highest BCUT2D eigenvalue weighted by molar-refractivity contribution is 9.09. The van der Waals surface area contributed by atoms with Crippen molar-refractivity contribution in [3.8, 4) is 11.5 Å². The Kier molecular flexibility index (Phi) is 9.63. The number of nitrogens with two attached hydrogens (primary N) is 2. The molecule has 0 spiro atoms. The molecule has 0 amide bonds. The van der Waals surface area contributed by atoms with Gasteiger partial charge in [0.1, 0.15) is 11.5 Å². The second-order valence-electron chi connectivity index (χ2n) is 5.23. The van der Waals surface area contributed by atoms with Crippen LogP contribution in [0.5, 0.6) is 11.5 Å². The number of nitrogen functional groups attached to an aromatic ring is 2. The summed E-state index contributed by atoms with van der Waals surface area (Å²) in [5.41, 5.74) is 15.4. The first-order valence-electron chi connectivity index (χ1n) is 7.49. The largest absolute Gasteiger partial charge is 0.466 e. The van der Waals surface area contributed by atoms with Crippen molar-refractivity contribution in [1.82, 2.24) is 0 Å². The lowest BCUT2D eigenvalue weighted by Gasteiger charge is -2.14. The molecule has 2 aromatic carbocycles. The molecule has 0 aliphatic heterocycles. The zero-order valence-electron chi connectivity index (χ0n) is 13.8. The Morgan fingerprint density at radius 1 is 0.846 bits per heavy atom. The summed E-state index contributed by atoms with van der Waals surface area (Å²) in [5.74, 6) is 1.67. The second-order valence-corrected chi connectivity index (χ2v) is 7.84. The van der Waals surface area contributed by atoms with E-state index in [1.54, 1.807) is 0 Å². The Balaban J connectivity index is 0.000000597. The van der Waals surface area contributed by atoms with Crippen LogP contribution in [0, 0.1) is 0 Å². The molecule has 7 nitrogen and oxygen atoms in total. The highest BCUT2D eigenvalue weighted by Gasteiger charge is 2.09. The average Bonchev–Trinajstić information content (AvgIpc) is 2.51. The molecule has 0 aliphatic carbocycles. The minimum absolute atomic E-state index is 0.747. The summed E-state index contributed by atoms with van der Waals surface area (Å²) < 4.78 is 15.0. The third kappa shape index (κ3) is 9.02. The van der Waals surface area contributed by atoms with Gasteiger partial charge in [-0.05, 0) is 60.4 Å². The molecule has 0 saturated heterocycles. The van der Waals surface area contributed by atoms with Crippen LogP contribution in [0.15, 0.2) is 36.4 Å². The van der Waals surface area contributed by atoms with Crippen molar-refractivity contribution < 1.29 is 24.0 Å². The van der Waals surface area contributed by atoms with Crippen LogP contribution in [0.1, 0.15) is 11.1 Å². The summed E-state index contributed by atoms with van der Waals surface area (Å²) in [7, 11) is -4.64. The van der Waals surface area contributed by atoms with Crippen molar-refractivity contribution in [2.45, 2.75) is 12.8 Å². The summed E-state index contributed by atoms with van der Waals surface area (Å²) in [6.07, 6.45) is 1.73. The molecule has 0 atom stereocenters. The maximum Gasteiger partial charge on any atom is 0.466 e. The number of hydrogen-bond acceptors (Lipinski definition) is 4. The number of benzene rings is 2. The number of halogens is 2. The predicted octanol–water partition coefficient (Wildman–Crippen LogP) is 3.59. The van der Waals surface area contributed by atoms with Gasteiger partial charge in [0.05, 0.1) is 0 Å². The lowest BCUT2D eigenvalue weighted by molar-refractivity contribution is 0.275. The normalized spacial score (nSPS) is 10.8. The first kappa shape index (κ1) is 23.0. The van der Waals surface area contributed by atoms with Crippen molar-refractivity contribution in [3.63, 3.8) is 0 Å². The lowest BCUT2D eigenvalue weighted by atomic mass is 10.1. The van der Waals surface area contributed by atoms with E-state index in [4.69, 9.17) is 35.4 Å². The fourth-order valence-electron chi connectivity index (χ4n) is 2.11. The number of hydrogen-bond donors (Lipinski definition) is 5. The van der Waals surface area contributed by atoms with Gasteiger partial charge in [0.25, 0.3) is 0 Å². The van der Waals surface area contributed by atoms with Crippen LogP contribution in [0.3, 0.4) is 0 Å².